The van der Waals surface area contributed by atoms with E-state index in [1.54, 1.807) is 35.4 Å². The second-order valence-electron chi connectivity index (χ2n) is 4.54. The molecule has 0 fully saturated rings. The Labute approximate surface area is 112 Å². The Morgan fingerprint density at radius 2 is 2.32 bits per heavy atom. The van der Waals surface area contributed by atoms with Crippen LogP contribution in [-0.4, -0.2) is 26.5 Å². The van der Waals surface area contributed by atoms with Gasteiger partial charge < -0.3 is 5.32 Å². The van der Waals surface area contributed by atoms with Gasteiger partial charge in [-0.2, -0.15) is 0 Å². The molecule has 0 aliphatic heterocycles. The first-order valence-corrected chi connectivity index (χ1v) is 6.46. The van der Waals surface area contributed by atoms with Crippen LogP contribution >= 0.6 is 0 Å². The van der Waals surface area contributed by atoms with E-state index >= 15 is 0 Å². The smallest absolute Gasteiger partial charge is 0.253 e. The Kier molecular flexibility index (Phi) is 4.28. The van der Waals surface area contributed by atoms with Crippen molar-refractivity contribution in [2.45, 2.75) is 32.7 Å². The van der Waals surface area contributed by atoms with Gasteiger partial charge in [-0.3, -0.25) is 9.36 Å². The fourth-order valence-electron chi connectivity index (χ4n) is 1.88. The molecule has 19 heavy (non-hydrogen) atoms. The first kappa shape index (κ1) is 13.3. The predicted molar refractivity (Wildman–Crippen MR) is 73.2 cm³/mol. The lowest BCUT2D eigenvalue weighted by atomic mass is 10.2. The van der Waals surface area contributed by atoms with Gasteiger partial charge in [-0.25, -0.2) is 9.97 Å². The Morgan fingerprint density at radius 1 is 1.47 bits per heavy atom. The van der Waals surface area contributed by atoms with E-state index in [2.05, 4.69) is 22.2 Å². The lowest BCUT2D eigenvalue weighted by Crippen LogP contribution is -2.32. The number of aromatic nitrogens is 3. The zero-order valence-electron chi connectivity index (χ0n) is 11.2. The lowest BCUT2D eigenvalue weighted by Gasteiger charge is -2.12. The summed E-state index contributed by atoms with van der Waals surface area (Å²) >= 11 is 0. The van der Waals surface area contributed by atoms with Crippen LogP contribution in [0.3, 0.4) is 0 Å². The van der Waals surface area contributed by atoms with Crippen LogP contribution in [0, 0.1) is 0 Å². The number of nitrogens with one attached hydrogen (secondary N) is 1. The van der Waals surface area contributed by atoms with Gasteiger partial charge in [0.1, 0.15) is 12.1 Å². The van der Waals surface area contributed by atoms with E-state index in [0.717, 1.165) is 18.7 Å². The Balaban J connectivity index is 2.04. The molecule has 5 nitrogen and oxygen atoms in total. The van der Waals surface area contributed by atoms with Gasteiger partial charge in [0.15, 0.2) is 0 Å². The average Bonchev–Trinajstić information content (AvgIpc) is 2.93. The van der Waals surface area contributed by atoms with E-state index < -0.39 is 0 Å². The quantitative estimate of drug-likeness (QED) is 0.894. The highest BCUT2D eigenvalue weighted by Gasteiger charge is 2.09. The van der Waals surface area contributed by atoms with Crippen molar-refractivity contribution in [2.24, 2.45) is 0 Å². The highest BCUT2D eigenvalue weighted by molar-refractivity contribution is 5.94. The first-order valence-electron chi connectivity index (χ1n) is 6.46. The standard InChI is InChI=1S/C14H18N4O/c1-3-4-11(2)17-14(19)12-5-6-13(16-9-12)18-8-7-15-10-18/h5-11H,3-4H2,1-2H3,(H,17,19)/t11-/m0/s1. The van der Waals surface area contributed by atoms with Gasteiger partial charge in [0.05, 0.1) is 5.56 Å². The molecule has 1 N–H and O–H groups in total. The largest absolute Gasteiger partial charge is 0.350 e. The summed E-state index contributed by atoms with van der Waals surface area (Å²) in [4.78, 5) is 20.2. The Bertz CT molecular complexity index is 519. The maximum absolute atomic E-state index is 12.0. The molecule has 2 aromatic rings. The lowest BCUT2D eigenvalue weighted by molar-refractivity contribution is 0.0938. The topological polar surface area (TPSA) is 59.8 Å². The number of amides is 1. The molecule has 0 saturated carbocycles. The second kappa shape index (κ2) is 6.13. The van der Waals surface area contributed by atoms with Crippen LogP contribution < -0.4 is 5.32 Å². The van der Waals surface area contributed by atoms with Crippen molar-refractivity contribution in [2.75, 3.05) is 0 Å². The maximum atomic E-state index is 12.0. The van der Waals surface area contributed by atoms with Crippen LogP contribution in [0.1, 0.15) is 37.0 Å². The van der Waals surface area contributed by atoms with Crippen molar-refractivity contribution in [1.29, 1.82) is 0 Å². The summed E-state index contributed by atoms with van der Waals surface area (Å²) in [5.74, 6) is 0.668. The highest BCUT2D eigenvalue weighted by Crippen LogP contribution is 2.06. The van der Waals surface area contributed by atoms with E-state index in [1.807, 2.05) is 13.1 Å². The molecule has 100 valence electrons. The van der Waals surface area contributed by atoms with Gasteiger partial charge in [0.25, 0.3) is 5.91 Å². The molecule has 1 atom stereocenters. The molecule has 2 heterocycles. The SMILES string of the molecule is CCC[C@H](C)NC(=O)c1ccc(-n2ccnc2)nc1. The summed E-state index contributed by atoms with van der Waals surface area (Å²) in [6, 6.07) is 3.77. The van der Waals surface area contributed by atoms with Gasteiger partial charge in [-0.1, -0.05) is 13.3 Å². The number of carbonyl (C=O) groups excluding carboxylic acids is 1. The van der Waals surface area contributed by atoms with E-state index in [4.69, 9.17) is 0 Å². The maximum Gasteiger partial charge on any atom is 0.253 e. The average molecular weight is 258 g/mol. The van der Waals surface area contributed by atoms with Crippen molar-refractivity contribution < 1.29 is 4.79 Å². The molecule has 0 saturated heterocycles. The number of hydrogen-bond acceptors (Lipinski definition) is 3. The monoisotopic (exact) mass is 258 g/mol. The van der Waals surface area contributed by atoms with Crippen molar-refractivity contribution in [3.05, 3.63) is 42.6 Å². The van der Waals surface area contributed by atoms with Crippen LogP contribution in [0.5, 0.6) is 0 Å². The van der Waals surface area contributed by atoms with Gasteiger partial charge >= 0.3 is 0 Å². The third kappa shape index (κ3) is 3.40. The molecule has 0 bridgehead atoms. The molecule has 0 aliphatic carbocycles. The van der Waals surface area contributed by atoms with E-state index in [1.165, 1.54) is 0 Å². The number of carbonyl (C=O) groups is 1. The van der Waals surface area contributed by atoms with Crippen LogP contribution in [-0.2, 0) is 0 Å². The summed E-state index contributed by atoms with van der Waals surface area (Å²) < 4.78 is 1.79. The summed E-state index contributed by atoms with van der Waals surface area (Å²) in [6.45, 7) is 4.11. The predicted octanol–water partition coefficient (Wildman–Crippen LogP) is 2.19. The molecule has 0 aliphatic rings. The third-order valence-corrected chi connectivity index (χ3v) is 2.88. The van der Waals surface area contributed by atoms with Gasteiger partial charge in [0, 0.05) is 24.6 Å². The molecule has 0 radical (unpaired) electrons. The minimum atomic E-state index is -0.0781. The third-order valence-electron chi connectivity index (χ3n) is 2.88. The zero-order chi connectivity index (χ0) is 13.7. The summed E-state index contributed by atoms with van der Waals surface area (Å²) in [7, 11) is 0. The number of rotatable bonds is 5. The summed E-state index contributed by atoms with van der Waals surface area (Å²) in [5, 5.41) is 2.95. The van der Waals surface area contributed by atoms with Crippen molar-refractivity contribution in [3.63, 3.8) is 0 Å². The van der Waals surface area contributed by atoms with Crippen LogP contribution in [0.4, 0.5) is 0 Å². The Morgan fingerprint density at radius 3 is 2.89 bits per heavy atom. The van der Waals surface area contributed by atoms with Crippen molar-refractivity contribution >= 4 is 5.91 Å². The fourth-order valence-corrected chi connectivity index (χ4v) is 1.88. The number of nitrogens with zero attached hydrogens (tertiary/aromatic N) is 3. The zero-order valence-corrected chi connectivity index (χ0v) is 11.2. The van der Waals surface area contributed by atoms with Crippen LogP contribution in [0.2, 0.25) is 0 Å². The van der Waals surface area contributed by atoms with Gasteiger partial charge in [-0.05, 0) is 25.5 Å². The van der Waals surface area contributed by atoms with E-state index in [9.17, 15) is 4.79 Å². The molecular formula is C14H18N4O. The fraction of sp³-hybridized carbons (Fsp3) is 0.357. The van der Waals surface area contributed by atoms with Crippen molar-refractivity contribution in [1.82, 2.24) is 19.9 Å². The summed E-state index contributed by atoms with van der Waals surface area (Å²) in [6.07, 6.45) is 8.79. The second-order valence-corrected chi connectivity index (χ2v) is 4.54. The number of pyridine rings is 1. The number of hydrogen-bond donors (Lipinski definition) is 1. The Hall–Kier alpha value is -2.17. The molecule has 0 spiro atoms. The molecular weight excluding hydrogens is 240 g/mol. The minimum absolute atomic E-state index is 0.0781. The molecule has 5 heteroatoms. The van der Waals surface area contributed by atoms with E-state index in [0.29, 0.717) is 5.56 Å². The minimum Gasteiger partial charge on any atom is -0.350 e. The highest BCUT2D eigenvalue weighted by atomic mass is 16.1. The molecule has 2 aromatic heterocycles. The van der Waals surface area contributed by atoms with E-state index in [-0.39, 0.29) is 11.9 Å². The molecule has 0 unspecified atom stereocenters. The van der Waals surface area contributed by atoms with Crippen LogP contribution in [0.15, 0.2) is 37.1 Å². The van der Waals surface area contributed by atoms with Crippen LogP contribution in [0.25, 0.3) is 5.82 Å². The van der Waals surface area contributed by atoms with Crippen molar-refractivity contribution in [3.8, 4) is 5.82 Å². The normalized spacial score (nSPS) is 12.1. The molecule has 0 aromatic carbocycles. The van der Waals surface area contributed by atoms with Gasteiger partial charge in [0.2, 0.25) is 0 Å². The van der Waals surface area contributed by atoms with Gasteiger partial charge in [-0.15, -0.1) is 0 Å². The molecule has 1 amide bonds. The number of imidazole rings is 1. The molecule has 2 rings (SSSR count). The first-order chi connectivity index (χ1) is 9.20. The summed E-state index contributed by atoms with van der Waals surface area (Å²) in [5.41, 5.74) is 0.576.